The SMILES string of the molecule is Nc1nc(C(S)CCCCC(=O)O)cs1. The molecule has 0 amide bonds. The van der Waals surface area contributed by atoms with Crippen molar-refractivity contribution in [3.63, 3.8) is 0 Å². The van der Waals surface area contributed by atoms with Crippen molar-refractivity contribution in [3.05, 3.63) is 11.1 Å². The number of carboxylic acid groups (broad SMARTS) is 1. The predicted octanol–water partition coefficient (Wildman–Crippen LogP) is 2.34. The van der Waals surface area contributed by atoms with Crippen molar-refractivity contribution in [1.29, 1.82) is 0 Å². The number of carboxylic acids is 1. The second-order valence-corrected chi connectivity index (χ2v) is 4.78. The van der Waals surface area contributed by atoms with Crippen LogP contribution in [-0.4, -0.2) is 16.1 Å². The smallest absolute Gasteiger partial charge is 0.303 e. The van der Waals surface area contributed by atoms with Crippen LogP contribution in [0.15, 0.2) is 5.38 Å². The van der Waals surface area contributed by atoms with Crippen molar-refractivity contribution >= 4 is 35.1 Å². The molecular weight excluding hydrogens is 232 g/mol. The Hall–Kier alpha value is -0.750. The molecule has 0 aliphatic carbocycles. The number of carbonyl (C=O) groups is 1. The lowest BCUT2D eigenvalue weighted by Crippen LogP contribution is -1.96. The first kappa shape index (κ1) is 12.3. The van der Waals surface area contributed by atoms with Crippen LogP contribution >= 0.6 is 24.0 Å². The summed E-state index contributed by atoms with van der Waals surface area (Å²) in [5.41, 5.74) is 6.39. The maximum atomic E-state index is 10.3. The Kier molecular flexibility index (Phi) is 4.90. The molecule has 1 aromatic rings. The van der Waals surface area contributed by atoms with Gasteiger partial charge in [-0.15, -0.1) is 11.3 Å². The number of thiol groups is 1. The van der Waals surface area contributed by atoms with E-state index in [2.05, 4.69) is 17.6 Å². The molecule has 1 rings (SSSR count). The molecule has 15 heavy (non-hydrogen) atoms. The summed E-state index contributed by atoms with van der Waals surface area (Å²) in [5, 5.41) is 11.0. The van der Waals surface area contributed by atoms with Gasteiger partial charge < -0.3 is 10.8 Å². The van der Waals surface area contributed by atoms with Crippen molar-refractivity contribution < 1.29 is 9.90 Å². The van der Waals surface area contributed by atoms with E-state index < -0.39 is 5.97 Å². The highest BCUT2D eigenvalue weighted by atomic mass is 32.1. The molecule has 4 nitrogen and oxygen atoms in total. The molecule has 1 heterocycles. The van der Waals surface area contributed by atoms with E-state index in [0.29, 0.717) is 11.6 Å². The molecule has 1 unspecified atom stereocenters. The molecule has 3 N–H and O–H groups in total. The number of nitrogens with zero attached hydrogens (tertiary/aromatic N) is 1. The summed E-state index contributed by atoms with van der Waals surface area (Å²) < 4.78 is 0. The highest BCUT2D eigenvalue weighted by Gasteiger charge is 2.09. The third-order valence-corrected chi connectivity index (χ3v) is 3.21. The van der Waals surface area contributed by atoms with Crippen LogP contribution in [0.1, 0.15) is 36.6 Å². The Balaban J connectivity index is 2.24. The summed E-state index contributed by atoms with van der Waals surface area (Å²) in [6, 6.07) is 0. The molecule has 0 spiro atoms. The summed E-state index contributed by atoms with van der Waals surface area (Å²) in [6.45, 7) is 0. The standard InChI is InChI=1S/C9H14N2O2S2/c10-9-11-6(5-15-9)7(14)3-1-2-4-8(12)13/h5,7,14H,1-4H2,(H2,10,11)(H,12,13). The first-order valence-corrected chi connectivity index (χ1v) is 6.10. The van der Waals surface area contributed by atoms with Crippen LogP contribution in [0.4, 0.5) is 5.13 Å². The van der Waals surface area contributed by atoms with Gasteiger partial charge in [-0.2, -0.15) is 12.6 Å². The van der Waals surface area contributed by atoms with Crippen LogP contribution in [-0.2, 0) is 4.79 Å². The number of anilines is 1. The molecule has 0 bridgehead atoms. The molecule has 0 saturated heterocycles. The number of rotatable bonds is 6. The molecule has 0 aromatic carbocycles. The minimum Gasteiger partial charge on any atom is -0.481 e. The Bertz CT molecular complexity index is 328. The summed E-state index contributed by atoms with van der Waals surface area (Å²) in [6.07, 6.45) is 2.59. The predicted molar refractivity (Wildman–Crippen MR) is 64.4 cm³/mol. The summed E-state index contributed by atoms with van der Waals surface area (Å²) >= 11 is 5.80. The van der Waals surface area contributed by atoms with Gasteiger partial charge in [-0.05, 0) is 12.8 Å². The molecule has 0 fully saturated rings. The van der Waals surface area contributed by atoms with Gasteiger partial charge in [0, 0.05) is 17.1 Å². The Labute approximate surface area is 97.9 Å². The zero-order chi connectivity index (χ0) is 11.3. The van der Waals surface area contributed by atoms with E-state index in [0.717, 1.165) is 18.5 Å². The number of nitrogens with two attached hydrogens (primary N) is 1. The van der Waals surface area contributed by atoms with Crippen LogP contribution < -0.4 is 5.73 Å². The van der Waals surface area contributed by atoms with Crippen molar-refractivity contribution in [3.8, 4) is 0 Å². The summed E-state index contributed by atoms with van der Waals surface area (Å²) in [4.78, 5) is 14.4. The van der Waals surface area contributed by atoms with E-state index in [-0.39, 0.29) is 11.7 Å². The number of aromatic nitrogens is 1. The Morgan fingerprint density at radius 2 is 2.40 bits per heavy atom. The van der Waals surface area contributed by atoms with Crippen molar-refractivity contribution in [1.82, 2.24) is 4.98 Å². The first-order chi connectivity index (χ1) is 7.09. The fourth-order valence-electron chi connectivity index (χ4n) is 1.22. The highest BCUT2D eigenvalue weighted by Crippen LogP contribution is 2.27. The summed E-state index contributed by atoms with van der Waals surface area (Å²) in [5.74, 6) is -0.747. The molecular formula is C9H14N2O2S2. The lowest BCUT2D eigenvalue weighted by atomic mass is 10.1. The molecule has 1 atom stereocenters. The largest absolute Gasteiger partial charge is 0.481 e. The monoisotopic (exact) mass is 246 g/mol. The molecule has 0 radical (unpaired) electrons. The van der Waals surface area contributed by atoms with Crippen LogP contribution in [0.3, 0.4) is 0 Å². The van der Waals surface area contributed by atoms with Crippen molar-refractivity contribution in [2.75, 3.05) is 5.73 Å². The van der Waals surface area contributed by atoms with E-state index in [1.165, 1.54) is 11.3 Å². The molecule has 0 aliphatic heterocycles. The fourth-order valence-corrected chi connectivity index (χ4v) is 2.25. The average Bonchev–Trinajstić information content (AvgIpc) is 2.59. The van der Waals surface area contributed by atoms with Crippen LogP contribution in [0.2, 0.25) is 0 Å². The minimum atomic E-state index is -0.747. The lowest BCUT2D eigenvalue weighted by molar-refractivity contribution is -0.137. The average molecular weight is 246 g/mol. The second-order valence-electron chi connectivity index (χ2n) is 3.27. The molecule has 1 aromatic heterocycles. The van der Waals surface area contributed by atoms with E-state index in [1.807, 2.05) is 5.38 Å². The van der Waals surface area contributed by atoms with Gasteiger partial charge in [0.05, 0.1) is 5.69 Å². The maximum absolute atomic E-state index is 10.3. The number of aliphatic carboxylic acids is 1. The zero-order valence-corrected chi connectivity index (χ0v) is 9.93. The second kappa shape index (κ2) is 5.97. The minimum absolute atomic E-state index is 0.0624. The number of hydrogen-bond donors (Lipinski definition) is 3. The summed E-state index contributed by atoms with van der Waals surface area (Å²) in [7, 11) is 0. The first-order valence-electron chi connectivity index (χ1n) is 4.70. The van der Waals surface area contributed by atoms with Gasteiger partial charge in [0.25, 0.3) is 0 Å². The molecule has 84 valence electrons. The van der Waals surface area contributed by atoms with Gasteiger partial charge in [0.1, 0.15) is 0 Å². The lowest BCUT2D eigenvalue weighted by Gasteiger charge is -2.06. The number of nitrogen functional groups attached to an aromatic ring is 1. The van der Waals surface area contributed by atoms with E-state index >= 15 is 0 Å². The number of hydrogen-bond acceptors (Lipinski definition) is 5. The van der Waals surface area contributed by atoms with Gasteiger partial charge in [-0.3, -0.25) is 4.79 Å². The fraction of sp³-hybridized carbons (Fsp3) is 0.556. The van der Waals surface area contributed by atoms with Gasteiger partial charge >= 0.3 is 5.97 Å². The van der Waals surface area contributed by atoms with Gasteiger partial charge in [0.15, 0.2) is 5.13 Å². The molecule has 6 heteroatoms. The van der Waals surface area contributed by atoms with E-state index in [4.69, 9.17) is 10.8 Å². The van der Waals surface area contributed by atoms with E-state index in [1.54, 1.807) is 0 Å². The van der Waals surface area contributed by atoms with E-state index in [9.17, 15) is 4.79 Å². The van der Waals surface area contributed by atoms with Crippen LogP contribution in [0, 0.1) is 0 Å². The van der Waals surface area contributed by atoms with Crippen molar-refractivity contribution in [2.45, 2.75) is 30.9 Å². The van der Waals surface area contributed by atoms with Gasteiger partial charge in [-0.1, -0.05) is 6.42 Å². The number of thiazole rings is 1. The number of unbranched alkanes of at least 4 members (excludes halogenated alkanes) is 1. The maximum Gasteiger partial charge on any atom is 0.303 e. The Morgan fingerprint density at radius 1 is 1.67 bits per heavy atom. The normalized spacial score (nSPS) is 12.6. The zero-order valence-electron chi connectivity index (χ0n) is 8.22. The van der Waals surface area contributed by atoms with Crippen LogP contribution in [0.25, 0.3) is 0 Å². The molecule has 0 saturated carbocycles. The van der Waals surface area contributed by atoms with Crippen molar-refractivity contribution in [2.24, 2.45) is 0 Å². The van der Waals surface area contributed by atoms with Gasteiger partial charge in [0.2, 0.25) is 0 Å². The highest BCUT2D eigenvalue weighted by molar-refractivity contribution is 7.80. The van der Waals surface area contributed by atoms with Crippen LogP contribution in [0.5, 0.6) is 0 Å². The third kappa shape index (κ3) is 4.53. The quantitative estimate of drug-likeness (QED) is 0.532. The third-order valence-electron chi connectivity index (χ3n) is 2.00. The Morgan fingerprint density at radius 3 is 2.93 bits per heavy atom. The topological polar surface area (TPSA) is 76.2 Å². The molecule has 0 aliphatic rings. The van der Waals surface area contributed by atoms with Gasteiger partial charge in [-0.25, -0.2) is 4.98 Å².